The number of nitro groups is 1. The van der Waals surface area contributed by atoms with Crippen molar-refractivity contribution in [2.75, 3.05) is 18.1 Å². The van der Waals surface area contributed by atoms with Crippen molar-refractivity contribution in [1.82, 2.24) is 0 Å². The third-order valence-electron chi connectivity index (χ3n) is 3.08. The van der Waals surface area contributed by atoms with Crippen LogP contribution in [0.4, 0.5) is 11.4 Å². The summed E-state index contributed by atoms with van der Waals surface area (Å²) in [4.78, 5) is 12.3. The summed E-state index contributed by atoms with van der Waals surface area (Å²) >= 11 is 0. The molecule has 1 aromatic rings. The van der Waals surface area contributed by atoms with Crippen molar-refractivity contribution in [1.29, 1.82) is 0 Å². The molecule has 1 unspecified atom stereocenters. The van der Waals surface area contributed by atoms with Gasteiger partial charge in [0.1, 0.15) is 0 Å². The van der Waals surface area contributed by atoms with Gasteiger partial charge in [0.05, 0.1) is 23.7 Å². The molecule has 5 nitrogen and oxygen atoms in total. The molecule has 2 fully saturated rings. The fourth-order valence-corrected chi connectivity index (χ4v) is 2.04. The van der Waals surface area contributed by atoms with Crippen molar-refractivity contribution < 1.29 is 9.66 Å². The number of nitro benzene ring substituents is 1. The van der Waals surface area contributed by atoms with Gasteiger partial charge in [0, 0.05) is 24.4 Å². The van der Waals surface area contributed by atoms with E-state index >= 15 is 0 Å². The lowest BCUT2D eigenvalue weighted by atomic mass is 9.94. The van der Waals surface area contributed by atoms with Crippen LogP contribution in [0.25, 0.3) is 0 Å². The van der Waals surface area contributed by atoms with Gasteiger partial charge >= 0.3 is 0 Å². The molecule has 0 saturated carbocycles. The number of anilines is 1. The number of non-ortho nitro benzene ring substituents is 1. The second-order valence-electron chi connectivity index (χ2n) is 3.87. The molecule has 2 heterocycles. The zero-order valence-corrected chi connectivity index (χ0v) is 8.00. The number of benzene rings is 1. The van der Waals surface area contributed by atoms with Gasteiger partial charge in [-0.05, 0) is 12.1 Å². The van der Waals surface area contributed by atoms with E-state index in [9.17, 15) is 10.1 Å². The Morgan fingerprint density at radius 2 is 2.13 bits per heavy atom. The van der Waals surface area contributed by atoms with E-state index in [2.05, 4.69) is 4.90 Å². The van der Waals surface area contributed by atoms with Crippen LogP contribution in [0, 0.1) is 10.1 Å². The van der Waals surface area contributed by atoms with Crippen molar-refractivity contribution in [2.24, 2.45) is 0 Å². The van der Waals surface area contributed by atoms with Crippen molar-refractivity contribution >= 4 is 11.4 Å². The zero-order chi connectivity index (χ0) is 10.4. The van der Waals surface area contributed by atoms with Gasteiger partial charge in [-0.15, -0.1) is 0 Å². The van der Waals surface area contributed by atoms with Crippen LogP contribution in [0.1, 0.15) is 0 Å². The monoisotopic (exact) mass is 206 g/mol. The first kappa shape index (κ1) is 8.67. The number of hydrogen-bond acceptors (Lipinski definition) is 4. The van der Waals surface area contributed by atoms with Gasteiger partial charge in [0.25, 0.3) is 5.69 Å². The average molecular weight is 206 g/mol. The van der Waals surface area contributed by atoms with Crippen LogP contribution < -0.4 is 4.90 Å². The van der Waals surface area contributed by atoms with Crippen LogP contribution >= 0.6 is 0 Å². The van der Waals surface area contributed by atoms with E-state index in [-0.39, 0.29) is 10.6 Å². The fourth-order valence-electron chi connectivity index (χ4n) is 2.04. The summed E-state index contributed by atoms with van der Waals surface area (Å²) < 4.78 is 5.29. The molecular formula is C10H10N2O3. The zero-order valence-electron chi connectivity index (χ0n) is 8.00. The second-order valence-corrected chi connectivity index (χ2v) is 3.87. The molecule has 0 aliphatic carbocycles. The number of hydrogen-bond donors (Lipinski definition) is 0. The molecule has 0 amide bonds. The minimum absolute atomic E-state index is 0.140. The normalized spacial score (nSPS) is 27.6. The van der Waals surface area contributed by atoms with Gasteiger partial charge in [-0.25, -0.2) is 0 Å². The molecule has 5 heteroatoms. The Balaban J connectivity index is 1.79. The lowest BCUT2D eigenvalue weighted by Gasteiger charge is -2.56. The molecular weight excluding hydrogens is 196 g/mol. The Morgan fingerprint density at radius 3 is 2.53 bits per heavy atom. The fraction of sp³-hybridized carbons (Fsp3) is 0.400. The molecule has 2 aliphatic heterocycles. The van der Waals surface area contributed by atoms with Gasteiger partial charge in [0.2, 0.25) is 0 Å². The molecule has 0 spiro atoms. The van der Waals surface area contributed by atoms with E-state index in [1.807, 2.05) is 0 Å². The summed E-state index contributed by atoms with van der Waals surface area (Å²) in [5, 5.41) is 10.5. The SMILES string of the molecule is O=[N+]([O-])c1ccc(N2CC3OC[C@H]32)cc1. The molecule has 1 aromatic carbocycles. The van der Waals surface area contributed by atoms with Crippen LogP contribution in [0.3, 0.4) is 0 Å². The van der Waals surface area contributed by atoms with E-state index in [1.54, 1.807) is 24.3 Å². The first-order chi connectivity index (χ1) is 7.25. The Morgan fingerprint density at radius 1 is 1.40 bits per heavy atom. The van der Waals surface area contributed by atoms with Crippen molar-refractivity contribution in [3.8, 4) is 0 Å². The van der Waals surface area contributed by atoms with Gasteiger partial charge in [-0.2, -0.15) is 0 Å². The summed E-state index contributed by atoms with van der Waals surface area (Å²) in [5.41, 5.74) is 1.19. The standard InChI is InChI=1S/C10H10N2O3/c13-12(14)8-3-1-7(2-4-8)11-5-10-9(11)6-15-10/h1-4,9-10H,5-6H2/t9-,10?/m1/s1. The third-order valence-corrected chi connectivity index (χ3v) is 3.08. The van der Waals surface area contributed by atoms with Crippen LogP contribution in [0.15, 0.2) is 24.3 Å². The summed E-state index contributed by atoms with van der Waals surface area (Å²) in [7, 11) is 0. The first-order valence-corrected chi connectivity index (χ1v) is 4.88. The van der Waals surface area contributed by atoms with Gasteiger partial charge in [0.15, 0.2) is 0 Å². The number of fused-ring (bicyclic) bond motifs is 1. The van der Waals surface area contributed by atoms with E-state index in [4.69, 9.17) is 4.74 Å². The highest BCUT2D eigenvalue weighted by molar-refractivity contribution is 5.55. The highest BCUT2D eigenvalue weighted by atomic mass is 16.6. The molecule has 2 saturated heterocycles. The quantitative estimate of drug-likeness (QED) is 0.538. The van der Waals surface area contributed by atoms with Crippen molar-refractivity contribution in [3.63, 3.8) is 0 Å². The van der Waals surface area contributed by atoms with Gasteiger partial charge in [-0.3, -0.25) is 10.1 Å². The Kier molecular flexibility index (Phi) is 1.70. The average Bonchev–Trinajstić information content (AvgIpc) is 2.22. The van der Waals surface area contributed by atoms with Gasteiger partial charge in [-0.1, -0.05) is 0 Å². The summed E-state index contributed by atoms with van der Waals surface area (Å²) in [6.07, 6.45) is 0.389. The second kappa shape index (κ2) is 2.93. The van der Waals surface area contributed by atoms with Crippen LogP contribution in [-0.4, -0.2) is 30.2 Å². The number of ether oxygens (including phenoxy) is 1. The number of rotatable bonds is 2. The Hall–Kier alpha value is -1.62. The predicted octanol–water partition coefficient (Wildman–Crippen LogP) is 1.18. The molecule has 0 aromatic heterocycles. The molecule has 0 N–H and O–H groups in total. The van der Waals surface area contributed by atoms with Crippen LogP contribution in [0.2, 0.25) is 0 Å². The van der Waals surface area contributed by atoms with E-state index in [0.717, 1.165) is 18.8 Å². The minimum Gasteiger partial charge on any atom is -0.372 e. The van der Waals surface area contributed by atoms with Crippen molar-refractivity contribution in [3.05, 3.63) is 34.4 Å². The predicted molar refractivity (Wildman–Crippen MR) is 54.0 cm³/mol. The highest BCUT2D eigenvalue weighted by Crippen LogP contribution is 2.35. The molecule has 78 valence electrons. The Bertz CT molecular complexity index is 404. The van der Waals surface area contributed by atoms with Crippen LogP contribution in [-0.2, 0) is 4.74 Å². The molecule has 2 aliphatic rings. The minimum atomic E-state index is -0.380. The molecule has 0 bridgehead atoms. The summed E-state index contributed by atoms with van der Waals surface area (Å²) in [6.45, 7) is 1.68. The first-order valence-electron chi connectivity index (χ1n) is 4.88. The van der Waals surface area contributed by atoms with Crippen molar-refractivity contribution in [2.45, 2.75) is 12.1 Å². The molecule has 15 heavy (non-hydrogen) atoms. The summed E-state index contributed by atoms with van der Waals surface area (Å²) in [6, 6.07) is 7.18. The number of nitrogens with zero attached hydrogens (tertiary/aromatic N) is 2. The maximum atomic E-state index is 10.5. The lowest BCUT2D eigenvalue weighted by molar-refractivity contribution is -0.384. The van der Waals surface area contributed by atoms with E-state index in [1.165, 1.54) is 0 Å². The smallest absolute Gasteiger partial charge is 0.269 e. The molecule has 3 rings (SSSR count). The number of morpholine rings is 1. The lowest BCUT2D eigenvalue weighted by Crippen LogP contribution is -2.70. The largest absolute Gasteiger partial charge is 0.372 e. The topological polar surface area (TPSA) is 55.6 Å². The summed E-state index contributed by atoms with van der Waals surface area (Å²) in [5.74, 6) is 0. The third kappa shape index (κ3) is 1.20. The maximum Gasteiger partial charge on any atom is 0.269 e. The van der Waals surface area contributed by atoms with Gasteiger partial charge < -0.3 is 9.64 Å². The van der Waals surface area contributed by atoms with E-state index < -0.39 is 0 Å². The van der Waals surface area contributed by atoms with Crippen LogP contribution in [0.5, 0.6) is 0 Å². The highest BCUT2D eigenvalue weighted by Gasteiger charge is 2.47. The maximum absolute atomic E-state index is 10.5. The molecule has 0 radical (unpaired) electrons. The Labute approximate surface area is 86.4 Å². The van der Waals surface area contributed by atoms with E-state index in [0.29, 0.717) is 12.1 Å². The molecule has 2 atom stereocenters.